The summed E-state index contributed by atoms with van der Waals surface area (Å²) in [6.45, 7) is 7.01. The summed E-state index contributed by atoms with van der Waals surface area (Å²) < 4.78 is 0. The second kappa shape index (κ2) is 13.2. The first-order valence-corrected chi connectivity index (χ1v) is 17.3. The molecule has 0 radical (unpaired) electrons. The monoisotopic (exact) mass is 541 g/mol. The van der Waals surface area contributed by atoms with Crippen molar-refractivity contribution in [1.29, 1.82) is 5.26 Å². The maximum absolute atomic E-state index is 12.4. The molecule has 0 heterocycles. The molecule has 3 nitrogen and oxygen atoms in total. The summed E-state index contributed by atoms with van der Waals surface area (Å²) in [5.74, 6) is 5.59. The van der Waals surface area contributed by atoms with Crippen LogP contribution in [0.25, 0.3) is 0 Å². The zero-order valence-corrected chi connectivity index (χ0v) is 25.6. The highest BCUT2D eigenvalue weighted by Gasteiger charge is 2.64. The molecular weight excluding hydrogens is 486 g/mol. The van der Waals surface area contributed by atoms with Gasteiger partial charge in [0.2, 0.25) is 0 Å². The van der Waals surface area contributed by atoms with E-state index in [1.165, 1.54) is 87.7 Å². The van der Waals surface area contributed by atoms with Gasteiger partial charge in [-0.25, -0.2) is 0 Å². The van der Waals surface area contributed by atoms with Gasteiger partial charge in [0.1, 0.15) is 0 Å². The van der Waals surface area contributed by atoms with Gasteiger partial charge in [0.15, 0.2) is 5.78 Å². The lowest BCUT2D eigenvalue weighted by Gasteiger charge is -2.61. The molecule has 0 unspecified atom stereocenters. The van der Waals surface area contributed by atoms with Crippen LogP contribution in [0.4, 0.5) is 0 Å². The van der Waals surface area contributed by atoms with Crippen LogP contribution in [-0.2, 0) is 4.79 Å². The molecule has 0 aromatic carbocycles. The van der Waals surface area contributed by atoms with Gasteiger partial charge in [-0.2, -0.15) is 17.0 Å². The molecule has 0 amide bonds. The van der Waals surface area contributed by atoms with Crippen molar-refractivity contribution in [3.63, 3.8) is 0 Å². The van der Waals surface area contributed by atoms with Gasteiger partial charge in [-0.1, -0.05) is 57.9 Å². The normalized spacial score (nSPS) is 38.2. The SMILES string of the molecule is C[C@]12CCC(=O)C=C1C[C@@H](CCCCCCCCCSCCCCC#N)[C@@H]1[C@@H]2CC[C@@]2(C)[C@H]1CC[C@]2(C)O. The maximum atomic E-state index is 12.4. The van der Waals surface area contributed by atoms with Crippen LogP contribution in [0.3, 0.4) is 0 Å². The third kappa shape index (κ3) is 6.40. The fourth-order valence-corrected chi connectivity index (χ4v) is 10.3. The molecule has 0 saturated heterocycles. The average Bonchev–Trinajstić information content (AvgIpc) is 3.13. The number of nitrogens with zero attached hydrogens (tertiary/aromatic N) is 1. The summed E-state index contributed by atoms with van der Waals surface area (Å²) in [6, 6.07) is 2.23. The van der Waals surface area contributed by atoms with Crippen LogP contribution in [0, 0.1) is 45.8 Å². The summed E-state index contributed by atoms with van der Waals surface area (Å²) in [5, 5.41) is 20.0. The van der Waals surface area contributed by atoms with Gasteiger partial charge in [-0.3, -0.25) is 4.79 Å². The lowest BCUT2D eigenvalue weighted by atomic mass is 9.44. The zero-order valence-electron chi connectivity index (χ0n) is 24.7. The lowest BCUT2D eigenvalue weighted by Crippen LogP contribution is -2.56. The first kappa shape index (κ1) is 30.2. The van der Waals surface area contributed by atoms with Crippen molar-refractivity contribution in [2.75, 3.05) is 11.5 Å². The van der Waals surface area contributed by atoms with Gasteiger partial charge >= 0.3 is 0 Å². The van der Waals surface area contributed by atoms with Gasteiger partial charge < -0.3 is 5.11 Å². The van der Waals surface area contributed by atoms with E-state index in [1.54, 1.807) is 0 Å². The number of allylic oxidation sites excluding steroid dienone is 1. The predicted molar refractivity (Wildman–Crippen MR) is 160 cm³/mol. The van der Waals surface area contributed by atoms with Gasteiger partial charge in [0, 0.05) is 12.8 Å². The first-order valence-electron chi connectivity index (χ1n) is 16.1. The molecule has 3 saturated carbocycles. The quantitative estimate of drug-likeness (QED) is 0.223. The van der Waals surface area contributed by atoms with E-state index in [-0.39, 0.29) is 10.8 Å². The fraction of sp³-hybridized carbons (Fsp3) is 0.882. The molecule has 1 N–H and O–H groups in total. The average molecular weight is 542 g/mol. The summed E-state index contributed by atoms with van der Waals surface area (Å²) in [4.78, 5) is 12.4. The Bertz CT molecular complexity index is 874. The summed E-state index contributed by atoms with van der Waals surface area (Å²) in [7, 11) is 0. The van der Waals surface area contributed by atoms with Crippen LogP contribution < -0.4 is 0 Å². The molecule has 4 aliphatic carbocycles. The number of carbonyl (C=O) groups excluding carboxylic acids is 1. The Morgan fingerprint density at radius 3 is 2.32 bits per heavy atom. The molecule has 4 heteroatoms. The van der Waals surface area contributed by atoms with Crippen LogP contribution in [0.1, 0.15) is 136 Å². The molecule has 3 fully saturated rings. The Morgan fingerprint density at radius 2 is 1.58 bits per heavy atom. The van der Waals surface area contributed by atoms with E-state index in [2.05, 4.69) is 44.7 Å². The number of fused-ring (bicyclic) bond motifs is 5. The first-order chi connectivity index (χ1) is 18.2. The van der Waals surface area contributed by atoms with E-state index in [0.717, 1.165) is 44.4 Å². The third-order valence-corrected chi connectivity index (χ3v) is 13.0. The van der Waals surface area contributed by atoms with Crippen LogP contribution in [-0.4, -0.2) is 28.0 Å². The van der Waals surface area contributed by atoms with Gasteiger partial charge in [-0.05, 0) is 123 Å². The molecule has 0 aromatic rings. The molecule has 38 heavy (non-hydrogen) atoms. The third-order valence-electron chi connectivity index (χ3n) is 11.9. The highest BCUT2D eigenvalue weighted by atomic mass is 32.2. The van der Waals surface area contributed by atoms with Gasteiger partial charge in [0.25, 0.3) is 0 Å². The summed E-state index contributed by atoms with van der Waals surface area (Å²) in [6.07, 6.45) is 23.2. The number of aliphatic hydroxyl groups is 1. The Morgan fingerprint density at radius 1 is 0.921 bits per heavy atom. The van der Waals surface area contributed by atoms with E-state index in [1.807, 2.05) is 0 Å². The molecular formula is C34H55NO2S. The minimum Gasteiger partial charge on any atom is -0.390 e. The molecule has 4 rings (SSSR count). The number of carbonyl (C=O) groups is 1. The number of unbranched alkanes of at least 4 members (excludes halogenated alkanes) is 8. The zero-order chi connectivity index (χ0) is 27.2. The maximum Gasteiger partial charge on any atom is 0.155 e. The van der Waals surface area contributed by atoms with Crippen molar-refractivity contribution in [3.05, 3.63) is 11.6 Å². The highest BCUT2D eigenvalue weighted by Crippen LogP contribution is 2.69. The molecule has 7 atom stereocenters. The standard InChI is InChI=1S/C34H55NO2S/c1-32-18-15-28(36)25-27(32)24-26(31-29(32)16-19-33(2)30(31)17-20-34(33,3)37)14-10-7-5-4-6-8-12-22-38-23-13-9-11-21-35/h25-26,29-31,37H,4-20,22-24H2,1-3H3/t26-,29+,30+,31-,32+,33+,34+/m1/s1. The van der Waals surface area contributed by atoms with Crippen molar-refractivity contribution in [1.82, 2.24) is 0 Å². The Labute approximate surface area is 238 Å². The van der Waals surface area contributed by atoms with Crippen molar-refractivity contribution in [3.8, 4) is 6.07 Å². The van der Waals surface area contributed by atoms with E-state index >= 15 is 0 Å². The van der Waals surface area contributed by atoms with E-state index in [0.29, 0.717) is 30.0 Å². The number of thioether (sulfide) groups is 1. The molecule has 4 aliphatic rings. The summed E-state index contributed by atoms with van der Waals surface area (Å²) >= 11 is 2.06. The Hall–Kier alpha value is -0.790. The number of hydrogen-bond acceptors (Lipinski definition) is 4. The molecule has 0 aromatic heterocycles. The second-order valence-corrected chi connectivity index (χ2v) is 15.3. The number of rotatable bonds is 14. The minimum absolute atomic E-state index is 0.0589. The topological polar surface area (TPSA) is 61.1 Å². The van der Waals surface area contributed by atoms with Crippen molar-refractivity contribution in [2.24, 2.45) is 34.5 Å². The van der Waals surface area contributed by atoms with Crippen LogP contribution in [0.2, 0.25) is 0 Å². The largest absolute Gasteiger partial charge is 0.390 e. The summed E-state index contributed by atoms with van der Waals surface area (Å²) in [5.41, 5.74) is 1.22. The van der Waals surface area contributed by atoms with Crippen molar-refractivity contribution < 1.29 is 9.90 Å². The van der Waals surface area contributed by atoms with Gasteiger partial charge in [0.05, 0.1) is 11.7 Å². The van der Waals surface area contributed by atoms with E-state index < -0.39 is 5.60 Å². The number of nitriles is 1. The van der Waals surface area contributed by atoms with Crippen molar-refractivity contribution in [2.45, 2.75) is 142 Å². The Kier molecular flexibility index (Phi) is 10.5. The fourth-order valence-electron chi connectivity index (χ4n) is 9.25. The van der Waals surface area contributed by atoms with Crippen LogP contribution >= 0.6 is 11.8 Å². The second-order valence-electron chi connectivity index (χ2n) is 14.1. The Balaban J connectivity index is 1.24. The predicted octanol–water partition coefficient (Wildman–Crippen LogP) is 9.04. The lowest BCUT2D eigenvalue weighted by molar-refractivity contribution is -0.135. The molecule has 214 valence electrons. The van der Waals surface area contributed by atoms with Crippen LogP contribution in [0.15, 0.2) is 11.6 Å². The molecule has 0 bridgehead atoms. The van der Waals surface area contributed by atoms with Crippen LogP contribution in [0.5, 0.6) is 0 Å². The minimum atomic E-state index is -0.525. The number of ketones is 1. The van der Waals surface area contributed by atoms with E-state index in [9.17, 15) is 9.90 Å². The number of hydrogen-bond donors (Lipinski definition) is 1. The highest BCUT2D eigenvalue weighted by molar-refractivity contribution is 7.99. The smallest absolute Gasteiger partial charge is 0.155 e. The van der Waals surface area contributed by atoms with E-state index in [4.69, 9.17) is 5.26 Å². The van der Waals surface area contributed by atoms with Gasteiger partial charge in [-0.15, -0.1) is 0 Å². The molecule has 0 spiro atoms. The molecule has 0 aliphatic heterocycles. The van der Waals surface area contributed by atoms with Crippen molar-refractivity contribution >= 4 is 17.5 Å².